The third-order valence-corrected chi connectivity index (χ3v) is 5.97. The summed E-state index contributed by atoms with van der Waals surface area (Å²) >= 11 is 0.983. The van der Waals surface area contributed by atoms with Crippen molar-refractivity contribution in [1.29, 1.82) is 0 Å². The Morgan fingerprint density at radius 3 is 2.66 bits per heavy atom. The van der Waals surface area contributed by atoms with Crippen molar-refractivity contribution in [3.05, 3.63) is 66.2 Å². The van der Waals surface area contributed by atoms with Gasteiger partial charge in [0.2, 0.25) is 11.8 Å². The summed E-state index contributed by atoms with van der Waals surface area (Å²) in [5.41, 5.74) is 6.93. The van der Waals surface area contributed by atoms with Crippen molar-refractivity contribution in [2.75, 3.05) is 12.0 Å². The minimum Gasteiger partial charge on any atom is -0.507 e. The summed E-state index contributed by atoms with van der Waals surface area (Å²) < 4.78 is 5.11. The maximum Gasteiger partial charge on any atom is 0.247 e. The van der Waals surface area contributed by atoms with Crippen molar-refractivity contribution in [2.45, 2.75) is 11.7 Å². The topological polar surface area (TPSA) is 118 Å². The van der Waals surface area contributed by atoms with Crippen molar-refractivity contribution in [3.8, 4) is 11.5 Å². The van der Waals surface area contributed by atoms with Gasteiger partial charge in [-0.1, -0.05) is 42.1 Å². The second-order valence-corrected chi connectivity index (χ2v) is 8.20. The molecule has 1 fully saturated rings. The Morgan fingerprint density at radius 1 is 1.16 bits per heavy atom. The highest BCUT2D eigenvalue weighted by atomic mass is 32.2. The lowest BCUT2D eigenvalue weighted by Gasteiger charge is -2.15. The number of phenolic OH excluding ortho intramolecular Hbond substituents is 1. The quantitative estimate of drug-likeness (QED) is 0.268. The number of carbonyl (C=O) groups excluding carboxylic acids is 2. The van der Waals surface area contributed by atoms with Crippen LogP contribution < -0.4 is 15.4 Å². The number of hydrogen-bond donors (Lipinski definition) is 2. The molecule has 0 aliphatic carbocycles. The molecule has 162 valence electrons. The molecule has 3 aromatic rings. The molecule has 1 aliphatic rings. The summed E-state index contributed by atoms with van der Waals surface area (Å²) in [7, 11) is 1.54. The van der Waals surface area contributed by atoms with E-state index in [-0.39, 0.29) is 29.2 Å². The summed E-state index contributed by atoms with van der Waals surface area (Å²) in [6.45, 7) is 0. The number of nitrogens with two attached hydrogens (primary N) is 1. The second kappa shape index (κ2) is 9.11. The molecule has 4 rings (SSSR count). The van der Waals surface area contributed by atoms with E-state index in [0.717, 1.165) is 27.4 Å². The molecule has 3 aromatic carbocycles. The van der Waals surface area contributed by atoms with E-state index in [1.165, 1.54) is 6.21 Å². The van der Waals surface area contributed by atoms with E-state index in [0.29, 0.717) is 17.0 Å². The van der Waals surface area contributed by atoms with Gasteiger partial charge < -0.3 is 15.6 Å². The van der Waals surface area contributed by atoms with Crippen LogP contribution in [0.25, 0.3) is 10.8 Å². The Labute approximate surface area is 188 Å². The highest BCUT2D eigenvalue weighted by Crippen LogP contribution is 2.31. The zero-order chi connectivity index (χ0) is 22.7. The Hall–Kier alpha value is -3.85. The molecule has 32 heavy (non-hydrogen) atoms. The van der Waals surface area contributed by atoms with Crippen LogP contribution in [0.15, 0.2) is 70.9 Å². The number of anilines is 1. The zero-order valence-corrected chi connectivity index (χ0v) is 18.0. The van der Waals surface area contributed by atoms with Gasteiger partial charge in [-0.25, -0.2) is 4.90 Å². The van der Waals surface area contributed by atoms with Gasteiger partial charge in [0.1, 0.15) is 16.7 Å². The van der Waals surface area contributed by atoms with Crippen LogP contribution in [0.2, 0.25) is 0 Å². The Balaban J connectivity index is 1.47. The predicted molar refractivity (Wildman–Crippen MR) is 126 cm³/mol. The van der Waals surface area contributed by atoms with E-state index in [4.69, 9.17) is 10.5 Å². The number of hydrogen-bond acceptors (Lipinski definition) is 7. The first kappa shape index (κ1) is 21.4. The predicted octanol–water partition coefficient (Wildman–Crippen LogP) is 3.27. The molecule has 0 radical (unpaired) electrons. The van der Waals surface area contributed by atoms with Crippen LogP contribution in [0.1, 0.15) is 12.0 Å². The molecule has 1 aliphatic heterocycles. The average molecular weight is 449 g/mol. The van der Waals surface area contributed by atoms with Gasteiger partial charge in [0, 0.05) is 12.0 Å². The first-order chi connectivity index (χ1) is 15.5. The highest BCUT2D eigenvalue weighted by molar-refractivity contribution is 8.14. The minimum absolute atomic E-state index is 0.0135. The van der Waals surface area contributed by atoms with Gasteiger partial charge in [-0.3, -0.25) is 9.59 Å². The molecular weight excluding hydrogens is 428 g/mol. The normalized spacial score (nSPS) is 17.0. The van der Waals surface area contributed by atoms with Crippen LogP contribution in [-0.2, 0) is 9.59 Å². The highest BCUT2D eigenvalue weighted by Gasteiger charge is 2.40. The number of imide groups is 1. The summed E-state index contributed by atoms with van der Waals surface area (Å²) in [5, 5.41) is 19.2. The van der Waals surface area contributed by atoms with Crippen LogP contribution in [0.4, 0.5) is 5.69 Å². The van der Waals surface area contributed by atoms with Crippen molar-refractivity contribution < 1.29 is 19.4 Å². The number of ether oxygens (including phenoxy) is 1. The lowest BCUT2D eigenvalue weighted by atomic mass is 10.0. The number of carbonyl (C=O) groups is 2. The van der Waals surface area contributed by atoms with Crippen LogP contribution in [0.3, 0.4) is 0 Å². The Kier molecular flexibility index (Phi) is 6.09. The van der Waals surface area contributed by atoms with Crippen LogP contribution in [-0.4, -0.2) is 40.7 Å². The van der Waals surface area contributed by atoms with Crippen molar-refractivity contribution in [2.24, 2.45) is 15.9 Å². The third-order valence-electron chi connectivity index (χ3n) is 4.99. The number of nitrogens with zero attached hydrogens (tertiary/aromatic N) is 3. The number of benzene rings is 3. The number of amidine groups is 1. The van der Waals surface area contributed by atoms with E-state index in [2.05, 4.69) is 10.2 Å². The van der Waals surface area contributed by atoms with Gasteiger partial charge >= 0.3 is 0 Å². The fourth-order valence-corrected chi connectivity index (χ4v) is 4.25. The lowest BCUT2D eigenvalue weighted by molar-refractivity contribution is -0.121. The summed E-state index contributed by atoms with van der Waals surface area (Å²) in [4.78, 5) is 26.3. The van der Waals surface area contributed by atoms with E-state index < -0.39 is 5.25 Å². The van der Waals surface area contributed by atoms with Crippen molar-refractivity contribution in [3.63, 3.8) is 0 Å². The van der Waals surface area contributed by atoms with E-state index >= 15 is 0 Å². The molecule has 9 heteroatoms. The number of fused-ring (bicyclic) bond motifs is 1. The molecule has 1 saturated heterocycles. The van der Waals surface area contributed by atoms with E-state index in [9.17, 15) is 14.7 Å². The fraction of sp³-hybridized carbons (Fsp3) is 0.130. The zero-order valence-electron chi connectivity index (χ0n) is 17.1. The van der Waals surface area contributed by atoms with E-state index in [1.807, 2.05) is 30.3 Å². The number of amides is 2. The molecule has 0 aromatic heterocycles. The first-order valence-corrected chi connectivity index (χ1v) is 10.6. The maximum atomic E-state index is 12.8. The van der Waals surface area contributed by atoms with Gasteiger partial charge in [-0.05, 0) is 41.1 Å². The number of rotatable bonds is 5. The Morgan fingerprint density at radius 2 is 1.91 bits per heavy atom. The van der Waals surface area contributed by atoms with E-state index in [1.54, 1.807) is 37.4 Å². The van der Waals surface area contributed by atoms with Crippen LogP contribution >= 0.6 is 11.8 Å². The van der Waals surface area contributed by atoms with Gasteiger partial charge in [0.25, 0.3) is 0 Å². The van der Waals surface area contributed by atoms with Gasteiger partial charge in [-0.2, -0.15) is 5.10 Å². The minimum atomic E-state index is -0.686. The number of methoxy groups -OCH3 is 1. The summed E-state index contributed by atoms with van der Waals surface area (Å²) in [5.74, 6) is 0.0273. The first-order valence-electron chi connectivity index (χ1n) is 9.72. The standard InChI is InChI=1S/C23H20N4O4S/c1-31-16-9-7-15(8-10-16)27-21(29)12-20(22(27)30)32-23(24)26-25-13-18-17-5-3-2-4-14(17)6-11-19(18)28/h2-11,13,20,28H,12H2,1H3,(H2,24,26). The van der Waals surface area contributed by atoms with Gasteiger partial charge in [0.05, 0.1) is 19.0 Å². The molecule has 2 amide bonds. The molecular formula is C23H20N4O4S. The van der Waals surface area contributed by atoms with Crippen molar-refractivity contribution in [1.82, 2.24) is 0 Å². The fourth-order valence-electron chi connectivity index (χ4n) is 3.43. The molecule has 3 N–H and O–H groups in total. The molecule has 1 atom stereocenters. The summed E-state index contributed by atoms with van der Waals surface area (Å²) in [6.07, 6.45) is 1.43. The second-order valence-electron chi connectivity index (χ2n) is 6.98. The monoisotopic (exact) mass is 448 g/mol. The van der Waals surface area contributed by atoms with Crippen LogP contribution in [0.5, 0.6) is 11.5 Å². The molecule has 0 bridgehead atoms. The number of phenols is 1. The molecule has 0 spiro atoms. The number of thioether (sulfide) groups is 1. The average Bonchev–Trinajstić information content (AvgIpc) is 3.08. The number of aromatic hydroxyl groups is 1. The molecule has 1 unspecified atom stereocenters. The van der Waals surface area contributed by atoms with Gasteiger partial charge in [0.15, 0.2) is 5.17 Å². The molecule has 8 nitrogen and oxygen atoms in total. The third kappa shape index (κ3) is 4.28. The lowest BCUT2D eigenvalue weighted by Crippen LogP contribution is -2.31. The summed E-state index contributed by atoms with van der Waals surface area (Å²) in [6, 6.07) is 17.6. The molecule has 1 heterocycles. The van der Waals surface area contributed by atoms with Crippen molar-refractivity contribution >= 4 is 51.4 Å². The molecule has 0 saturated carbocycles. The van der Waals surface area contributed by atoms with Crippen LogP contribution in [0, 0.1) is 0 Å². The smallest absolute Gasteiger partial charge is 0.247 e. The van der Waals surface area contributed by atoms with Gasteiger partial charge in [-0.15, -0.1) is 5.10 Å². The Bertz CT molecular complexity index is 1240. The largest absolute Gasteiger partial charge is 0.507 e. The SMILES string of the molecule is COc1ccc(N2C(=O)CC(SC(N)=NN=Cc3c(O)ccc4ccccc34)C2=O)cc1. The maximum absolute atomic E-state index is 12.8.